The molecule has 2 aromatic rings. The van der Waals surface area contributed by atoms with Crippen molar-refractivity contribution in [2.24, 2.45) is 5.92 Å². The lowest BCUT2D eigenvalue weighted by molar-refractivity contribution is 0.0686. The van der Waals surface area contributed by atoms with E-state index in [9.17, 15) is 13.2 Å². The van der Waals surface area contributed by atoms with Crippen molar-refractivity contribution in [2.75, 3.05) is 26.0 Å². The van der Waals surface area contributed by atoms with Crippen LogP contribution in [0, 0.1) is 5.92 Å². The summed E-state index contributed by atoms with van der Waals surface area (Å²) < 4.78 is 31.6. The van der Waals surface area contributed by atoms with Gasteiger partial charge in [-0.15, -0.1) is 0 Å². The normalized spacial score (nSPS) is 19.1. The fourth-order valence-corrected chi connectivity index (χ4v) is 5.08. The van der Waals surface area contributed by atoms with E-state index in [2.05, 4.69) is 11.9 Å². The third-order valence-electron chi connectivity index (χ3n) is 5.41. The first-order chi connectivity index (χ1) is 12.9. The highest BCUT2D eigenvalue weighted by Crippen LogP contribution is 2.33. The Labute approximate surface area is 158 Å². The molecule has 0 spiro atoms. The maximum atomic E-state index is 13.3. The highest BCUT2D eigenvalue weighted by Gasteiger charge is 2.37. The minimum Gasteiger partial charge on any atom is -0.497 e. The summed E-state index contributed by atoms with van der Waals surface area (Å²) in [7, 11) is -1.89. The highest BCUT2D eigenvalue weighted by molar-refractivity contribution is 7.91. The molecule has 27 heavy (non-hydrogen) atoms. The van der Waals surface area contributed by atoms with Gasteiger partial charge in [-0.1, -0.05) is 19.1 Å². The first kappa shape index (κ1) is 18.0. The number of imidazole rings is 1. The number of hydrogen-bond acceptors (Lipinski definition) is 5. The van der Waals surface area contributed by atoms with Gasteiger partial charge in [-0.2, -0.15) is 0 Å². The predicted molar refractivity (Wildman–Crippen MR) is 101 cm³/mol. The Hall–Kier alpha value is -2.35. The summed E-state index contributed by atoms with van der Waals surface area (Å²) in [5, 5.41) is -0.00551. The van der Waals surface area contributed by atoms with Gasteiger partial charge in [0.25, 0.3) is 5.91 Å². The molecule has 0 aliphatic carbocycles. The average molecular weight is 389 g/mol. The average Bonchev–Trinajstić information content (AvgIpc) is 3.19. The number of amides is 1. The first-order valence-corrected chi connectivity index (χ1v) is 10.8. The van der Waals surface area contributed by atoms with Crippen molar-refractivity contribution in [3.05, 3.63) is 30.0 Å². The van der Waals surface area contributed by atoms with Gasteiger partial charge in [0.1, 0.15) is 17.1 Å². The van der Waals surface area contributed by atoms with E-state index < -0.39 is 9.84 Å². The van der Waals surface area contributed by atoms with Crippen molar-refractivity contribution in [3.8, 4) is 17.0 Å². The largest absolute Gasteiger partial charge is 0.497 e. The second-order valence-electron chi connectivity index (χ2n) is 7.27. The van der Waals surface area contributed by atoms with Crippen LogP contribution in [-0.2, 0) is 16.4 Å². The van der Waals surface area contributed by atoms with Crippen molar-refractivity contribution in [1.29, 1.82) is 0 Å². The molecule has 7 nitrogen and oxygen atoms in total. The maximum Gasteiger partial charge on any atom is 0.272 e. The molecule has 0 saturated carbocycles. The first-order valence-electron chi connectivity index (χ1n) is 9.17. The van der Waals surface area contributed by atoms with Gasteiger partial charge >= 0.3 is 0 Å². The zero-order valence-corrected chi connectivity index (χ0v) is 16.3. The van der Waals surface area contributed by atoms with E-state index in [-0.39, 0.29) is 23.4 Å². The number of rotatable bonds is 3. The monoisotopic (exact) mass is 389 g/mol. The van der Waals surface area contributed by atoms with E-state index in [1.807, 2.05) is 17.0 Å². The molecule has 2 aliphatic heterocycles. The smallest absolute Gasteiger partial charge is 0.272 e. The number of sulfone groups is 1. The predicted octanol–water partition coefficient (Wildman–Crippen LogP) is 2.22. The standard InChI is InChI=1S/C19H23N3O4S/c1-13-6-8-21(9-7-13)18(23)17-16(14-4-3-5-15(12-14)26-2)20-19-22(17)10-11-27(19,24)25/h3-5,12-13H,6-11H2,1-2H3. The van der Waals surface area contributed by atoms with Crippen LogP contribution in [0.3, 0.4) is 0 Å². The Bertz CT molecular complexity index is 988. The van der Waals surface area contributed by atoms with Crippen molar-refractivity contribution in [3.63, 3.8) is 0 Å². The Morgan fingerprint density at radius 3 is 2.67 bits per heavy atom. The van der Waals surface area contributed by atoms with Crippen LogP contribution in [-0.4, -0.2) is 54.7 Å². The number of carbonyl (C=O) groups excluding carboxylic acids is 1. The molecule has 1 amide bonds. The minimum absolute atomic E-state index is 0.00551. The SMILES string of the molecule is COc1cccc(-c2nc3n(c2C(=O)N2CCC(C)CC2)CCS3(=O)=O)c1. The van der Waals surface area contributed by atoms with Gasteiger partial charge in [0.05, 0.1) is 12.9 Å². The lowest BCUT2D eigenvalue weighted by atomic mass is 9.98. The molecule has 8 heteroatoms. The van der Waals surface area contributed by atoms with E-state index >= 15 is 0 Å². The number of fused-ring (bicyclic) bond motifs is 1. The van der Waals surface area contributed by atoms with Crippen molar-refractivity contribution in [2.45, 2.75) is 31.5 Å². The zero-order chi connectivity index (χ0) is 19.2. The van der Waals surface area contributed by atoms with Gasteiger partial charge in [0, 0.05) is 25.2 Å². The van der Waals surface area contributed by atoms with Crippen LogP contribution >= 0.6 is 0 Å². The molecular formula is C19H23N3O4S. The second kappa shape index (κ2) is 6.67. The Kier molecular flexibility index (Phi) is 4.46. The summed E-state index contributed by atoms with van der Waals surface area (Å²) in [6.45, 7) is 3.82. The second-order valence-corrected chi connectivity index (χ2v) is 9.27. The van der Waals surface area contributed by atoms with Crippen molar-refractivity contribution < 1.29 is 17.9 Å². The van der Waals surface area contributed by atoms with Gasteiger partial charge in [0.15, 0.2) is 0 Å². The van der Waals surface area contributed by atoms with Crippen molar-refractivity contribution in [1.82, 2.24) is 14.5 Å². The number of benzene rings is 1. The van der Waals surface area contributed by atoms with Gasteiger partial charge in [-0.05, 0) is 30.9 Å². The molecule has 0 atom stereocenters. The molecule has 1 saturated heterocycles. The molecule has 3 heterocycles. The number of piperidine rings is 1. The van der Waals surface area contributed by atoms with E-state index in [1.54, 1.807) is 23.8 Å². The molecule has 2 aliphatic rings. The Morgan fingerprint density at radius 2 is 1.96 bits per heavy atom. The summed E-state index contributed by atoms with van der Waals surface area (Å²) in [5.41, 5.74) is 1.46. The van der Waals surface area contributed by atoms with Crippen molar-refractivity contribution >= 4 is 15.7 Å². The molecule has 1 aromatic carbocycles. The van der Waals surface area contributed by atoms with Crippen LogP contribution in [0.15, 0.2) is 29.4 Å². The van der Waals surface area contributed by atoms with Crippen LogP contribution in [0.25, 0.3) is 11.3 Å². The van der Waals surface area contributed by atoms with Gasteiger partial charge in [-0.3, -0.25) is 4.79 Å². The number of ether oxygens (including phenoxy) is 1. The number of likely N-dealkylation sites (tertiary alicyclic amines) is 1. The molecule has 1 fully saturated rings. The summed E-state index contributed by atoms with van der Waals surface area (Å²) in [4.78, 5) is 19.5. The third kappa shape index (κ3) is 3.12. The summed E-state index contributed by atoms with van der Waals surface area (Å²) in [6.07, 6.45) is 1.92. The van der Waals surface area contributed by atoms with Gasteiger partial charge < -0.3 is 14.2 Å². The molecule has 1 aromatic heterocycles. The number of carbonyl (C=O) groups is 1. The fraction of sp³-hybridized carbons (Fsp3) is 0.474. The third-order valence-corrected chi connectivity index (χ3v) is 7.00. The van der Waals surface area contributed by atoms with Crippen LogP contribution in [0.4, 0.5) is 0 Å². The fourth-order valence-electron chi connectivity index (χ4n) is 3.73. The topological polar surface area (TPSA) is 81.5 Å². The highest BCUT2D eigenvalue weighted by atomic mass is 32.2. The molecule has 0 N–H and O–H groups in total. The quantitative estimate of drug-likeness (QED) is 0.804. The van der Waals surface area contributed by atoms with Crippen LogP contribution in [0.2, 0.25) is 0 Å². The lowest BCUT2D eigenvalue weighted by Crippen LogP contribution is -2.39. The molecule has 0 bridgehead atoms. The summed E-state index contributed by atoms with van der Waals surface area (Å²) in [5.74, 6) is 1.08. The Balaban J connectivity index is 1.83. The number of methoxy groups -OCH3 is 1. The number of nitrogens with zero attached hydrogens (tertiary/aromatic N) is 3. The number of hydrogen-bond donors (Lipinski definition) is 0. The molecule has 0 unspecified atom stereocenters. The molecule has 144 valence electrons. The molecule has 4 rings (SSSR count). The van der Waals surface area contributed by atoms with E-state index in [1.165, 1.54) is 0 Å². The van der Waals surface area contributed by atoms with Gasteiger partial charge in [-0.25, -0.2) is 13.4 Å². The zero-order valence-electron chi connectivity index (χ0n) is 15.5. The molecular weight excluding hydrogens is 366 g/mol. The van der Waals surface area contributed by atoms with E-state index in [0.29, 0.717) is 41.7 Å². The summed E-state index contributed by atoms with van der Waals surface area (Å²) in [6, 6.07) is 7.21. The Morgan fingerprint density at radius 1 is 1.22 bits per heavy atom. The minimum atomic E-state index is -3.45. The van der Waals surface area contributed by atoms with Crippen LogP contribution < -0.4 is 4.74 Å². The lowest BCUT2D eigenvalue weighted by Gasteiger charge is -2.30. The van der Waals surface area contributed by atoms with Gasteiger partial charge in [0.2, 0.25) is 15.0 Å². The maximum absolute atomic E-state index is 13.3. The number of aromatic nitrogens is 2. The van der Waals surface area contributed by atoms with Crippen LogP contribution in [0.1, 0.15) is 30.3 Å². The van der Waals surface area contributed by atoms with Crippen LogP contribution in [0.5, 0.6) is 5.75 Å². The summed E-state index contributed by atoms with van der Waals surface area (Å²) >= 11 is 0. The molecule has 0 radical (unpaired) electrons. The van der Waals surface area contributed by atoms with E-state index in [4.69, 9.17) is 4.74 Å². The van der Waals surface area contributed by atoms with E-state index in [0.717, 1.165) is 12.8 Å².